The van der Waals surface area contributed by atoms with E-state index in [0.29, 0.717) is 54.1 Å². The van der Waals surface area contributed by atoms with E-state index in [1.807, 2.05) is 0 Å². The molecule has 0 unspecified atom stereocenters. The van der Waals surface area contributed by atoms with Gasteiger partial charge >= 0.3 is 0 Å². The smallest absolute Gasteiger partial charge is 0.261 e. The van der Waals surface area contributed by atoms with E-state index in [9.17, 15) is 9.18 Å². The number of H-pyrrole nitrogens is 2. The zero-order valence-corrected chi connectivity index (χ0v) is 18.3. The van der Waals surface area contributed by atoms with E-state index < -0.39 is 12.1 Å². The SMILES string of the molecule is CN(C(=O)[C@H](F)C1CCOCC1)c1cnc2nc(-c3n[nH]c4c3C[C@@H]3C[C@]3(C)C4)[nH]c2c1. The van der Waals surface area contributed by atoms with E-state index in [-0.39, 0.29) is 5.92 Å². The largest absolute Gasteiger partial charge is 0.381 e. The summed E-state index contributed by atoms with van der Waals surface area (Å²) in [6, 6.07) is 1.80. The Bertz CT molecular complexity index is 1200. The number of nitrogens with one attached hydrogen (secondary N) is 2. The van der Waals surface area contributed by atoms with Crippen molar-refractivity contribution in [1.29, 1.82) is 0 Å². The second-order valence-electron chi connectivity index (χ2n) is 9.86. The number of pyridine rings is 1. The van der Waals surface area contributed by atoms with Crippen molar-refractivity contribution in [3.63, 3.8) is 0 Å². The van der Waals surface area contributed by atoms with Gasteiger partial charge in [-0.25, -0.2) is 14.4 Å². The number of ether oxygens (including phenoxy) is 1. The number of nitrogens with zero attached hydrogens (tertiary/aromatic N) is 4. The van der Waals surface area contributed by atoms with Crippen LogP contribution in [0.4, 0.5) is 10.1 Å². The Labute approximate surface area is 185 Å². The number of rotatable bonds is 4. The van der Waals surface area contributed by atoms with Crippen LogP contribution in [0.1, 0.15) is 37.4 Å². The summed E-state index contributed by atoms with van der Waals surface area (Å²) in [5.41, 5.74) is 5.51. The number of hydrogen-bond acceptors (Lipinski definition) is 5. The van der Waals surface area contributed by atoms with Gasteiger partial charge in [-0.15, -0.1) is 0 Å². The minimum atomic E-state index is -1.54. The number of imidazole rings is 1. The summed E-state index contributed by atoms with van der Waals surface area (Å²) >= 11 is 0. The van der Waals surface area contributed by atoms with E-state index in [1.54, 1.807) is 19.3 Å². The minimum absolute atomic E-state index is 0.298. The van der Waals surface area contributed by atoms with Gasteiger partial charge < -0.3 is 14.6 Å². The highest BCUT2D eigenvalue weighted by atomic mass is 19.1. The molecule has 168 valence electrons. The standard InChI is InChI=1S/C23H27FN6O2/c1-23-9-13(23)7-15-17(10-23)28-29-19(15)21-26-16-8-14(11-25-20(16)27-21)30(2)22(31)18(24)12-3-5-32-6-4-12/h8,11-13,18H,3-7,9-10H2,1-2H3,(H,28,29)(H,25,26,27)/t13-,18-,23-/m1/s1. The van der Waals surface area contributed by atoms with Crippen molar-refractivity contribution in [2.45, 2.75) is 45.2 Å². The lowest BCUT2D eigenvalue weighted by Gasteiger charge is -2.27. The molecule has 1 aliphatic heterocycles. The molecule has 1 amide bonds. The summed E-state index contributed by atoms with van der Waals surface area (Å²) in [6.07, 6.45) is 4.48. The van der Waals surface area contributed by atoms with E-state index in [0.717, 1.165) is 24.5 Å². The van der Waals surface area contributed by atoms with E-state index in [4.69, 9.17) is 4.74 Å². The lowest BCUT2D eigenvalue weighted by molar-refractivity contribution is -0.126. The first-order valence-corrected chi connectivity index (χ1v) is 11.3. The minimum Gasteiger partial charge on any atom is -0.381 e. The molecule has 4 heterocycles. The number of hydrogen-bond donors (Lipinski definition) is 2. The third-order valence-corrected chi connectivity index (χ3v) is 7.70. The Kier molecular flexibility index (Phi) is 4.40. The van der Waals surface area contributed by atoms with Gasteiger partial charge in [-0.3, -0.25) is 9.89 Å². The first kappa shape index (κ1) is 19.8. The first-order chi connectivity index (χ1) is 15.4. The molecule has 0 aromatic carbocycles. The summed E-state index contributed by atoms with van der Waals surface area (Å²) in [4.78, 5) is 26.4. The lowest BCUT2D eigenvalue weighted by atomic mass is 9.88. The molecule has 3 aromatic heterocycles. The van der Waals surface area contributed by atoms with Gasteiger partial charge in [-0.2, -0.15) is 5.10 Å². The average molecular weight is 439 g/mol. The van der Waals surface area contributed by atoms with Crippen LogP contribution in [0.15, 0.2) is 12.3 Å². The monoisotopic (exact) mass is 438 g/mol. The zero-order chi connectivity index (χ0) is 22.0. The number of carbonyl (C=O) groups is 1. The zero-order valence-electron chi connectivity index (χ0n) is 18.3. The van der Waals surface area contributed by atoms with Gasteiger partial charge in [0.05, 0.1) is 17.4 Å². The maximum atomic E-state index is 14.8. The molecule has 2 aliphatic carbocycles. The number of anilines is 1. The second-order valence-corrected chi connectivity index (χ2v) is 9.86. The molecule has 32 heavy (non-hydrogen) atoms. The van der Waals surface area contributed by atoms with Gasteiger partial charge in [-0.1, -0.05) is 6.92 Å². The predicted molar refractivity (Wildman–Crippen MR) is 117 cm³/mol. The predicted octanol–water partition coefficient (Wildman–Crippen LogP) is 3.20. The van der Waals surface area contributed by atoms with Gasteiger partial charge in [0.15, 0.2) is 17.6 Å². The number of aromatic amines is 2. The van der Waals surface area contributed by atoms with Gasteiger partial charge in [0.2, 0.25) is 0 Å². The molecule has 0 bridgehead atoms. The average Bonchev–Trinajstić information content (AvgIpc) is 3.11. The van der Waals surface area contributed by atoms with Crippen molar-refractivity contribution in [3.8, 4) is 11.5 Å². The normalized spacial score (nSPS) is 25.9. The molecular weight excluding hydrogens is 411 g/mol. The Balaban J connectivity index is 1.25. The van der Waals surface area contributed by atoms with Crippen LogP contribution in [0.2, 0.25) is 0 Å². The van der Waals surface area contributed by atoms with Crippen LogP contribution in [-0.2, 0) is 22.4 Å². The maximum absolute atomic E-state index is 14.8. The number of fused-ring (bicyclic) bond motifs is 3. The molecule has 0 radical (unpaired) electrons. The summed E-state index contributed by atoms with van der Waals surface area (Å²) < 4.78 is 20.1. The molecule has 3 aliphatic rings. The van der Waals surface area contributed by atoms with Crippen LogP contribution in [0.5, 0.6) is 0 Å². The number of aromatic nitrogens is 5. The Morgan fingerprint density at radius 2 is 2.19 bits per heavy atom. The highest BCUT2D eigenvalue weighted by Crippen LogP contribution is 2.59. The summed E-state index contributed by atoms with van der Waals surface area (Å²) in [7, 11) is 1.59. The summed E-state index contributed by atoms with van der Waals surface area (Å²) in [5, 5.41) is 7.74. The number of alkyl halides is 1. The molecular formula is C23H27FN6O2. The molecule has 3 atom stereocenters. The molecule has 6 rings (SSSR count). The van der Waals surface area contributed by atoms with Crippen LogP contribution in [0.25, 0.3) is 22.7 Å². The molecule has 9 heteroatoms. The lowest BCUT2D eigenvalue weighted by Crippen LogP contribution is -2.40. The highest BCUT2D eigenvalue weighted by molar-refractivity contribution is 5.97. The van der Waals surface area contributed by atoms with Crippen LogP contribution < -0.4 is 4.90 Å². The van der Waals surface area contributed by atoms with E-state index >= 15 is 0 Å². The van der Waals surface area contributed by atoms with E-state index in [2.05, 4.69) is 32.1 Å². The Hall–Kier alpha value is -2.81. The maximum Gasteiger partial charge on any atom is 0.261 e. The van der Waals surface area contributed by atoms with Crippen molar-refractivity contribution in [3.05, 3.63) is 23.5 Å². The van der Waals surface area contributed by atoms with Crippen LogP contribution in [0.3, 0.4) is 0 Å². The summed E-state index contributed by atoms with van der Waals surface area (Å²) in [6.45, 7) is 3.35. The number of amides is 1. The van der Waals surface area contributed by atoms with Crippen molar-refractivity contribution in [2.24, 2.45) is 17.3 Å². The molecule has 8 nitrogen and oxygen atoms in total. The molecule has 2 fully saturated rings. The van der Waals surface area contributed by atoms with Crippen LogP contribution >= 0.6 is 0 Å². The Morgan fingerprint density at radius 1 is 1.38 bits per heavy atom. The van der Waals surface area contributed by atoms with Gasteiger partial charge in [0.1, 0.15) is 5.69 Å². The molecule has 2 N–H and O–H groups in total. The van der Waals surface area contributed by atoms with Gasteiger partial charge in [-0.05, 0) is 49.5 Å². The highest BCUT2D eigenvalue weighted by Gasteiger charge is 2.53. The number of carbonyl (C=O) groups excluding carboxylic acids is 1. The van der Waals surface area contributed by atoms with Gasteiger partial charge in [0, 0.05) is 37.4 Å². The first-order valence-electron chi connectivity index (χ1n) is 11.3. The third-order valence-electron chi connectivity index (χ3n) is 7.70. The topological polar surface area (TPSA) is 99.8 Å². The van der Waals surface area contributed by atoms with Crippen LogP contribution in [0, 0.1) is 17.3 Å². The molecule has 1 saturated heterocycles. The number of halogens is 1. The van der Waals surface area contributed by atoms with E-state index in [1.165, 1.54) is 22.6 Å². The summed E-state index contributed by atoms with van der Waals surface area (Å²) in [5.74, 6) is 0.551. The third kappa shape index (κ3) is 3.13. The second kappa shape index (κ2) is 7.10. The molecule has 1 saturated carbocycles. The quantitative estimate of drug-likeness (QED) is 0.652. The van der Waals surface area contributed by atoms with Crippen molar-refractivity contribution >= 4 is 22.8 Å². The van der Waals surface area contributed by atoms with Crippen molar-refractivity contribution < 1.29 is 13.9 Å². The molecule has 0 spiro atoms. The fourth-order valence-electron chi connectivity index (χ4n) is 5.36. The van der Waals surface area contributed by atoms with Crippen molar-refractivity contribution in [1.82, 2.24) is 25.1 Å². The van der Waals surface area contributed by atoms with Crippen LogP contribution in [-0.4, -0.2) is 57.5 Å². The fraction of sp³-hybridized carbons (Fsp3) is 0.565. The van der Waals surface area contributed by atoms with Crippen molar-refractivity contribution in [2.75, 3.05) is 25.2 Å². The fourth-order valence-corrected chi connectivity index (χ4v) is 5.36. The molecule has 3 aromatic rings. The Morgan fingerprint density at radius 3 is 3.00 bits per heavy atom. The van der Waals surface area contributed by atoms with Gasteiger partial charge in [0.25, 0.3) is 5.91 Å².